The summed E-state index contributed by atoms with van der Waals surface area (Å²) in [4.78, 5) is 12.0. The van der Waals surface area contributed by atoms with Gasteiger partial charge in [-0.2, -0.15) is 0 Å². The third-order valence-corrected chi connectivity index (χ3v) is 7.34. The maximum atomic E-state index is 11.0. The van der Waals surface area contributed by atoms with Crippen molar-refractivity contribution in [1.82, 2.24) is 19.9 Å². The number of nitrogens with zero attached hydrogens (tertiary/aromatic N) is 4. The van der Waals surface area contributed by atoms with Crippen LogP contribution in [0.2, 0.25) is 0 Å². The fraction of sp³-hybridized carbons (Fsp3) is 0.429. The predicted molar refractivity (Wildman–Crippen MR) is 141 cm³/mol. The zero-order chi connectivity index (χ0) is 24.5. The van der Waals surface area contributed by atoms with Gasteiger partial charge in [-0.15, -0.1) is 0 Å². The van der Waals surface area contributed by atoms with Gasteiger partial charge >= 0.3 is 0 Å². The minimum Gasteiger partial charge on any atom is -0.491 e. The highest BCUT2D eigenvalue weighted by Crippen LogP contribution is 2.32. The zero-order valence-electron chi connectivity index (χ0n) is 20.7. The van der Waals surface area contributed by atoms with Gasteiger partial charge in [0.15, 0.2) is 0 Å². The lowest BCUT2D eigenvalue weighted by Crippen LogP contribution is -2.50. The molecule has 2 aliphatic rings. The number of nitrogens with one attached hydrogen (secondary N) is 1. The summed E-state index contributed by atoms with van der Waals surface area (Å²) >= 11 is 0. The molecule has 1 saturated carbocycles. The normalized spacial score (nSPS) is 17.7. The summed E-state index contributed by atoms with van der Waals surface area (Å²) in [6.07, 6.45) is 5.80. The van der Waals surface area contributed by atoms with Gasteiger partial charge in [0.05, 0.1) is 34.4 Å². The largest absolute Gasteiger partial charge is 0.491 e. The molecule has 2 N–H and O–H groups in total. The number of benzene rings is 2. The molecule has 0 bridgehead atoms. The first-order chi connectivity index (χ1) is 17.6. The SMILES string of the molecule is COCCOc1ccc2c(c1)ncn2-c1ccc2cccc(N3CCC(O)(CNC4CC4)CC3)c2n1. The van der Waals surface area contributed by atoms with Crippen LogP contribution >= 0.6 is 0 Å². The molecule has 3 heterocycles. The number of imidazole rings is 1. The zero-order valence-corrected chi connectivity index (χ0v) is 20.7. The number of hydrogen-bond acceptors (Lipinski definition) is 7. The topological polar surface area (TPSA) is 84.7 Å². The number of aromatic nitrogens is 3. The molecular weight excluding hydrogens is 454 g/mol. The van der Waals surface area contributed by atoms with E-state index in [1.807, 2.05) is 35.2 Å². The van der Waals surface area contributed by atoms with Gasteiger partial charge < -0.3 is 24.8 Å². The van der Waals surface area contributed by atoms with Crippen molar-refractivity contribution in [2.45, 2.75) is 37.3 Å². The Morgan fingerprint density at radius 3 is 2.75 bits per heavy atom. The molecule has 0 atom stereocenters. The maximum Gasteiger partial charge on any atom is 0.139 e. The fourth-order valence-electron chi connectivity index (χ4n) is 4.98. The van der Waals surface area contributed by atoms with E-state index in [0.29, 0.717) is 25.8 Å². The molecule has 0 spiro atoms. The van der Waals surface area contributed by atoms with Crippen molar-refractivity contribution in [1.29, 1.82) is 0 Å². The van der Waals surface area contributed by atoms with Gasteiger partial charge in [-0.05, 0) is 56.0 Å². The average molecular weight is 488 g/mol. The van der Waals surface area contributed by atoms with E-state index in [0.717, 1.165) is 65.1 Å². The van der Waals surface area contributed by atoms with Crippen LogP contribution in [0, 0.1) is 0 Å². The van der Waals surface area contributed by atoms with Crippen molar-refractivity contribution < 1.29 is 14.6 Å². The lowest BCUT2D eigenvalue weighted by molar-refractivity contribution is 0.0165. The minimum absolute atomic E-state index is 0.503. The minimum atomic E-state index is -0.621. The van der Waals surface area contributed by atoms with Crippen molar-refractivity contribution in [2.75, 3.05) is 44.9 Å². The summed E-state index contributed by atoms with van der Waals surface area (Å²) in [5, 5.41) is 15.6. The average Bonchev–Trinajstić information content (AvgIpc) is 3.65. The molecule has 0 amide bonds. The quantitative estimate of drug-likeness (QED) is 0.349. The van der Waals surface area contributed by atoms with Gasteiger partial charge in [0.2, 0.25) is 0 Å². The molecular formula is C28H33N5O3. The summed E-state index contributed by atoms with van der Waals surface area (Å²) in [5.74, 6) is 1.60. The summed E-state index contributed by atoms with van der Waals surface area (Å²) < 4.78 is 12.8. The van der Waals surface area contributed by atoms with Crippen molar-refractivity contribution >= 4 is 27.6 Å². The second kappa shape index (κ2) is 9.69. The molecule has 8 nitrogen and oxygen atoms in total. The van der Waals surface area contributed by atoms with E-state index in [-0.39, 0.29) is 0 Å². The summed E-state index contributed by atoms with van der Waals surface area (Å²) in [6, 6.07) is 17.0. The van der Waals surface area contributed by atoms with Crippen LogP contribution < -0.4 is 15.0 Å². The Balaban J connectivity index is 1.25. The highest BCUT2D eigenvalue weighted by atomic mass is 16.5. The van der Waals surface area contributed by atoms with Crippen LogP contribution in [0.15, 0.2) is 54.9 Å². The van der Waals surface area contributed by atoms with Crippen molar-refractivity contribution in [3.05, 3.63) is 54.9 Å². The van der Waals surface area contributed by atoms with Crippen LogP contribution in [0.5, 0.6) is 5.75 Å². The first-order valence-electron chi connectivity index (χ1n) is 12.8. The Kier molecular flexibility index (Phi) is 6.25. The van der Waals surface area contributed by atoms with Gasteiger partial charge in [0, 0.05) is 44.2 Å². The molecule has 188 valence electrons. The molecule has 8 heteroatoms. The van der Waals surface area contributed by atoms with Crippen LogP contribution in [0.3, 0.4) is 0 Å². The highest BCUT2D eigenvalue weighted by molar-refractivity contribution is 5.92. The van der Waals surface area contributed by atoms with Crippen LogP contribution in [0.4, 0.5) is 5.69 Å². The van der Waals surface area contributed by atoms with E-state index in [4.69, 9.17) is 14.5 Å². The molecule has 1 aliphatic heterocycles. The van der Waals surface area contributed by atoms with Crippen molar-refractivity contribution in [2.24, 2.45) is 0 Å². The summed E-state index contributed by atoms with van der Waals surface area (Å²) in [7, 11) is 1.66. The number of para-hydroxylation sites is 1. The number of rotatable bonds is 9. The van der Waals surface area contributed by atoms with E-state index in [2.05, 4.69) is 39.5 Å². The number of fused-ring (bicyclic) bond motifs is 2. The molecule has 2 fully saturated rings. The van der Waals surface area contributed by atoms with E-state index in [9.17, 15) is 5.11 Å². The van der Waals surface area contributed by atoms with Crippen LogP contribution in [0.25, 0.3) is 27.8 Å². The van der Waals surface area contributed by atoms with Crippen LogP contribution in [-0.4, -0.2) is 71.2 Å². The van der Waals surface area contributed by atoms with Crippen molar-refractivity contribution in [3.8, 4) is 11.6 Å². The number of hydrogen-bond donors (Lipinski definition) is 2. The first kappa shape index (κ1) is 23.2. The van der Waals surface area contributed by atoms with Gasteiger partial charge in [0.25, 0.3) is 0 Å². The van der Waals surface area contributed by atoms with E-state index in [1.165, 1.54) is 12.8 Å². The second-order valence-electron chi connectivity index (χ2n) is 9.99. The smallest absolute Gasteiger partial charge is 0.139 e. The van der Waals surface area contributed by atoms with Gasteiger partial charge in [-0.3, -0.25) is 4.57 Å². The van der Waals surface area contributed by atoms with Gasteiger partial charge in [0.1, 0.15) is 24.5 Å². The van der Waals surface area contributed by atoms with E-state index in [1.54, 1.807) is 7.11 Å². The molecule has 1 saturated heterocycles. The molecule has 2 aromatic carbocycles. The third kappa shape index (κ3) is 4.76. The molecule has 0 radical (unpaired) electrons. The number of aliphatic hydroxyl groups is 1. The Morgan fingerprint density at radius 1 is 1.08 bits per heavy atom. The van der Waals surface area contributed by atoms with E-state index >= 15 is 0 Å². The maximum absolute atomic E-state index is 11.0. The van der Waals surface area contributed by atoms with Gasteiger partial charge in [-0.1, -0.05) is 12.1 Å². The van der Waals surface area contributed by atoms with Crippen molar-refractivity contribution in [3.63, 3.8) is 0 Å². The number of pyridine rings is 1. The van der Waals surface area contributed by atoms with Crippen LogP contribution in [0.1, 0.15) is 25.7 Å². The Morgan fingerprint density at radius 2 is 1.94 bits per heavy atom. The summed E-state index contributed by atoms with van der Waals surface area (Å²) in [5.41, 5.74) is 3.30. The fourth-order valence-corrected chi connectivity index (χ4v) is 4.98. The molecule has 0 unspecified atom stereocenters. The molecule has 6 rings (SSSR count). The highest BCUT2D eigenvalue weighted by Gasteiger charge is 2.34. The Hall–Kier alpha value is -3.20. The number of methoxy groups -OCH3 is 1. The van der Waals surface area contributed by atoms with Gasteiger partial charge in [-0.25, -0.2) is 9.97 Å². The first-order valence-corrected chi connectivity index (χ1v) is 12.8. The van der Waals surface area contributed by atoms with Crippen LogP contribution in [-0.2, 0) is 4.74 Å². The predicted octanol–water partition coefficient (Wildman–Crippen LogP) is 3.68. The molecule has 1 aliphatic carbocycles. The number of anilines is 1. The number of piperidine rings is 1. The number of ether oxygens (including phenoxy) is 2. The summed E-state index contributed by atoms with van der Waals surface area (Å²) in [6.45, 7) is 3.36. The third-order valence-electron chi connectivity index (χ3n) is 7.34. The lowest BCUT2D eigenvalue weighted by Gasteiger charge is -2.39. The lowest BCUT2D eigenvalue weighted by atomic mass is 9.91. The molecule has 2 aromatic heterocycles. The standard InChI is InChI=1S/C28H33N5O3/c1-35-15-16-36-22-8-9-24-23(17-22)30-19-33(24)26-10-5-20-3-2-4-25(27(20)31-26)32-13-11-28(34,12-14-32)18-29-21-6-7-21/h2-5,8-10,17,19,21,29,34H,6-7,11-16,18H2,1H3. The monoisotopic (exact) mass is 487 g/mol. The Bertz CT molecular complexity index is 1360. The molecule has 36 heavy (non-hydrogen) atoms. The second-order valence-corrected chi connectivity index (χ2v) is 9.99. The molecule has 4 aromatic rings. The van der Waals surface area contributed by atoms with E-state index < -0.39 is 5.60 Å². The Labute approximate surface area is 210 Å².